The van der Waals surface area contributed by atoms with E-state index in [4.69, 9.17) is 9.83 Å². The number of aromatic amines is 1. The number of H-pyrrole nitrogens is 1. The highest BCUT2D eigenvalue weighted by Gasteiger charge is 2.14. The van der Waals surface area contributed by atoms with Crippen LogP contribution in [0.4, 0.5) is 0 Å². The van der Waals surface area contributed by atoms with Gasteiger partial charge in [-0.05, 0) is 92.7 Å². The fraction of sp³-hybridized carbons (Fsp3) is 0. The first kappa shape index (κ1) is 30.7. The highest BCUT2D eigenvalue weighted by molar-refractivity contribution is 6.10. The maximum atomic E-state index is 9.22. The van der Waals surface area contributed by atoms with E-state index in [2.05, 4.69) is 101 Å². The van der Waals surface area contributed by atoms with Gasteiger partial charge in [-0.25, -0.2) is 4.99 Å². The van der Waals surface area contributed by atoms with Crippen LogP contribution in [0.2, 0.25) is 0 Å². The van der Waals surface area contributed by atoms with Crippen molar-refractivity contribution in [1.82, 2.24) is 4.98 Å². The first-order valence-electron chi connectivity index (χ1n) is 17.1. The van der Waals surface area contributed by atoms with Crippen molar-refractivity contribution in [2.45, 2.75) is 0 Å². The molecule has 0 fully saturated rings. The van der Waals surface area contributed by atoms with E-state index in [0.29, 0.717) is 11.1 Å². The molecule has 0 bridgehead atoms. The number of para-hydroxylation sites is 1. The van der Waals surface area contributed by atoms with Crippen LogP contribution in [0, 0.1) is 16.7 Å². The third-order valence-electron chi connectivity index (χ3n) is 9.63. The number of benzene rings is 7. The molecule has 5 heteroatoms. The van der Waals surface area contributed by atoms with Crippen LogP contribution in [-0.4, -0.2) is 10.8 Å². The maximum Gasteiger partial charge on any atom is 0.154 e. The molecule has 9 rings (SSSR count). The van der Waals surface area contributed by atoms with Crippen molar-refractivity contribution in [3.63, 3.8) is 0 Å². The lowest BCUT2D eigenvalue weighted by Gasteiger charge is -2.08. The molecule has 52 heavy (non-hydrogen) atoms. The summed E-state index contributed by atoms with van der Waals surface area (Å²) in [5.41, 5.74) is 12.2. The van der Waals surface area contributed by atoms with Crippen molar-refractivity contribution >= 4 is 38.5 Å². The molecule has 244 valence electrons. The molecule has 2 heterocycles. The Morgan fingerprint density at radius 1 is 0.558 bits per heavy atom. The third-order valence-corrected chi connectivity index (χ3v) is 9.63. The van der Waals surface area contributed by atoms with Crippen LogP contribution < -0.4 is 5.49 Å². The first-order valence-corrected chi connectivity index (χ1v) is 17.1. The molecular formula is C47H30N4O. The second-order valence-electron chi connectivity index (χ2n) is 12.8. The van der Waals surface area contributed by atoms with Crippen molar-refractivity contribution in [3.05, 3.63) is 187 Å². The van der Waals surface area contributed by atoms with Gasteiger partial charge in [0.1, 0.15) is 16.7 Å². The van der Waals surface area contributed by atoms with Crippen LogP contribution in [0.15, 0.2) is 179 Å². The second kappa shape index (κ2) is 12.9. The quantitative estimate of drug-likeness (QED) is 0.141. The SMILES string of the molecule is N#Cc1ccc(-c2cccc3c2oc2ccc(-c4ccc5cc(-c6ccc(C(=N)/N=c7\[nH]cccc7-c7ccccc7)cc6)ccc5c4)cc23)cc1. The molecule has 2 N–H and O–H groups in total. The molecule has 5 nitrogen and oxygen atoms in total. The fourth-order valence-electron chi connectivity index (χ4n) is 6.90. The van der Waals surface area contributed by atoms with Gasteiger partial charge >= 0.3 is 0 Å². The minimum Gasteiger partial charge on any atom is -0.455 e. The van der Waals surface area contributed by atoms with Crippen molar-refractivity contribution in [3.8, 4) is 50.6 Å². The van der Waals surface area contributed by atoms with Gasteiger partial charge in [0.25, 0.3) is 0 Å². The molecule has 0 saturated carbocycles. The van der Waals surface area contributed by atoms with Crippen molar-refractivity contribution < 1.29 is 4.42 Å². The predicted molar refractivity (Wildman–Crippen MR) is 211 cm³/mol. The minimum atomic E-state index is 0.200. The molecule has 7 aromatic carbocycles. The standard InChI is InChI=1S/C47H30N4O/c48-29-30-11-13-33(14-12-30)40-8-4-9-42-43-28-39(23-24-44(43)52-45(40)42)38-22-21-36-26-35(19-20-37(36)27-38)31-15-17-34(18-16-31)46(49)51-47-41(10-5-25-50-47)32-6-2-1-3-7-32/h1-28H,(H2,49,50,51). The zero-order chi connectivity index (χ0) is 35.0. The van der Waals surface area contributed by atoms with E-state index in [1.165, 1.54) is 0 Å². The Morgan fingerprint density at radius 2 is 1.19 bits per heavy atom. The van der Waals surface area contributed by atoms with Gasteiger partial charge in [-0.3, -0.25) is 5.41 Å². The van der Waals surface area contributed by atoms with Crippen LogP contribution >= 0.6 is 0 Å². The number of furan rings is 1. The van der Waals surface area contributed by atoms with Crippen LogP contribution in [0.5, 0.6) is 0 Å². The summed E-state index contributed by atoms with van der Waals surface area (Å²) in [5.74, 6) is 0.200. The summed E-state index contributed by atoms with van der Waals surface area (Å²) in [6.07, 6.45) is 1.83. The molecule has 2 aromatic heterocycles. The molecule has 0 aliphatic rings. The number of pyridine rings is 1. The molecule has 9 aromatic rings. The number of nitrogens with one attached hydrogen (secondary N) is 2. The number of hydrogen-bond acceptors (Lipinski definition) is 3. The van der Waals surface area contributed by atoms with E-state index in [1.54, 1.807) is 0 Å². The topological polar surface area (TPSA) is 88.9 Å². The molecule has 0 radical (unpaired) electrons. The predicted octanol–water partition coefficient (Wildman–Crippen LogP) is 11.5. The largest absolute Gasteiger partial charge is 0.455 e. The van der Waals surface area contributed by atoms with Gasteiger partial charge in [-0.15, -0.1) is 0 Å². The average molecular weight is 667 g/mol. The Bertz CT molecular complexity index is 2910. The van der Waals surface area contributed by atoms with E-state index in [1.807, 2.05) is 85.1 Å². The number of amidine groups is 1. The van der Waals surface area contributed by atoms with E-state index >= 15 is 0 Å². The van der Waals surface area contributed by atoms with Gasteiger partial charge in [0.05, 0.1) is 11.6 Å². The zero-order valence-electron chi connectivity index (χ0n) is 28.0. The third kappa shape index (κ3) is 5.65. The van der Waals surface area contributed by atoms with Gasteiger partial charge in [-0.1, -0.05) is 115 Å². The molecule has 0 unspecified atom stereocenters. The molecule has 0 amide bonds. The normalized spacial score (nSPS) is 11.6. The molecule has 0 spiro atoms. The number of aromatic nitrogens is 1. The van der Waals surface area contributed by atoms with Gasteiger partial charge in [0.2, 0.25) is 0 Å². The lowest BCUT2D eigenvalue weighted by atomic mass is 9.96. The van der Waals surface area contributed by atoms with Gasteiger partial charge in [-0.2, -0.15) is 5.26 Å². The smallest absolute Gasteiger partial charge is 0.154 e. The van der Waals surface area contributed by atoms with Gasteiger partial charge in [0, 0.05) is 33.7 Å². The lowest BCUT2D eigenvalue weighted by Crippen LogP contribution is -2.13. The molecule has 0 atom stereocenters. The summed E-state index contributed by atoms with van der Waals surface area (Å²) in [4.78, 5) is 7.86. The molecule has 0 aliphatic carbocycles. The van der Waals surface area contributed by atoms with Crippen LogP contribution in [0.1, 0.15) is 11.1 Å². The van der Waals surface area contributed by atoms with Crippen molar-refractivity contribution in [1.29, 1.82) is 10.7 Å². The molecule has 0 saturated heterocycles. The Labute approximate surface area is 299 Å². The summed E-state index contributed by atoms with van der Waals surface area (Å²) in [6, 6.07) is 57.6. The van der Waals surface area contributed by atoms with Crippen molar-refractivity contribution in [2.75, 3.05) is 0 Å². The number of rotatable bonds is 5. The summed E-state index contributed by atoms with van der Waals surface area (Å²) in [6.45, 7) is 0. The highest BCUT2D eigenvalue weighted by Crippen LogP contribution is 2.38. The number of fused-ring (bicyclic) bond motifs is 4. The Balaban J connectivity index is 0.984. The summed E-state index contributed by atoms with van der Waals surface area (Å²) in [5, 5.41) is 22.4. The summed E-state index contributed by atoms with van der Waals surface area (Å²) >= 11 is 0. The Kier molecular flexibility index (Phi) is 7.61. The first-order chi connectivity index (χ1) is 25.6. The second-order valence-corrected chi connectivity index (χ2v) is 12.8. The van der Waals surface area contributed by atoms with Crippen LogP contribution in [-0.2, 0) is 0 Å². The Hall–Kier alpha value is -7.29. The number of nitriles is 1. The van der Waals surface area contributed by atoms with E-state index in [9.17, 15) is 5.26 Å². The van der Waals surface area contributed by atoms with Gasteiger partial charge in [0.15, 0.2) is 5.84 Å². The molecule has 0 aliphatic heterocycles. The highest BCUT2D eigenvalue weighted by atomic mass is 16.3. The Morgan fingerprint density at radius 3 is 1.94 bits per heavy atom. The minimum absolute atomic E-state index is 0.200. The monoisotopic (exact) mass is 666 g/mol. The van der Waals surface area contributed by atoms with E-state index < -0.39 is 0 Å². The van der Waals surface area contributed by atoms with Gasteiger partial charge < -0.3 is 9.40 Å². The number of nitrogens with zero attached hydrogens (tertiary/aromatic N) is 2. The van der Waals surface area contributed by atoms with E-state index in [-0.39, 0.29) is 5.84 Å². The maximum absolute atomic E-state index is 9.22. The fourth-order valence-corrected chi connectivity index (χ4v) is 6.90. The molecular weight excluding hydrogens is 637 g/mol. The van der Waals surface area contributed by atoms with Crippen molar-refractivity contribution in [2.24, 2.45) is 4.99 Å². The zero-order valence-corrected chi connectivity index (χ0v) is 28.0. The van der Waals surface area contributed by atoms with E-state index in [0.717, 1.165) is 82.8 Å². The summed E-state index contributed by atoms with van der Waals surface area (Å²) < 4.78 is 6.40. The van der Waals surface area contributed by atoms with Crippen LogP contribution in [0.3, 0.4) is 0 Å². The van der Waals surface area contributed by atoms with Crippen LogP contribution in [0.25, 0.3) is 77.2 Å². The average Bonchev–Trinajstić information content (AvgIpc) is 3.59. The lowest BCUT2D eigenvalue weighted by molar-refractivity contribution is 0.670. The summed E-state index contributed by atoms with van der Waals surface area (Å²) in [7, 11) is 0. The number of hydrogen-bond donors (Lipinski definition) is 2.